The monoisotopic (exact) mass is 286 g/mol. The van der Waals surface area contributed by atoms with Crippen LogP contribution in [0.5, 0.6) is 0 Å². The largest absolute Gasteiger partial charge is 0.466 e. The zero-order valence-corrected chi connectivity index (χ0v) is 12.8. The van der Waals surface area contributed by atoms with Crippen LogP contribution in [0.4, 0.5) is 0 Å². The molecule has 0 saturated carbocycles. The predicted octanol–water partition coefficient (Wildman–Crippen LogP) is 2.64. The van der Waals surface area contributed by atoms with Gasteiger partial charge in [0.2, 0.25) is 0 Å². The molecule has 0 spiro atoms. The van der Waals surface area contributed by atoms with E-state index >= 15 is 0 Å². The predicted molar refractivity (Wildman–Crippen MR) is 80.5 cm³/mol. The Balaban J connectivity index is 1.99. The molecule has 0 bridgehead atoms. The summed E-state index contributed by atoms with van der Waals surface area (Å²) in [6, 6.07) is 7.95. The van der Waals surface area contributed by atoms with Crippen LogP contribution in [-0.4, -0.2) is 30.6 Å². The maximum atomic E-state index is 11.9. The van der Waals surface area contributed by atoms with Crippen molar-refractivity contribution in [1.29, 1.82) is 5.26 Å². The fourth-order valence-corrected chi connectivity index (χ4v) is 2.84. The summed E-state index contributed by atoms with van der Waals surface area (Å²) in [5.41, 5.74) is 3.05. The summed E-state index contributed by atoms with van der Waals surface area (Å²) in [6.07, 6.45) is 1.94. The van der Waals surface area contributed by atoms with Gasteiger partial charge in [-0.1, -0.05) is 6.07 Å². The van der Waals surface area contributed by atoms with Crippen LogP contribution < -0.4 is 0 Å². The van der Waals surface area contributed by atoms with E-state index in [1.165, 1.54) is 5.56 Å². The highest BCUT2D eigenvalue weighted by molar-refractivity contribution is 5.72. The third-order valence-electron chi connectivity index (χ3n) is 3.99. The molecule has 0 radical (unpaired) electrons. The van der Waals surface area contributed by atoms with Crippen LogP contribution >= 0.6 is 0 Å². The number of ether oxygens (including phenoxy) is 1. The summed E-state index contributed by atoms with van der Waals surface area (Å²) in [5, 5.41) is 8.91. The molecule has 0 unspecified atom stereocenters. The lowest BCUT2D eigenvalue weighted by molar-refractivity contribution is -0.150. The lowest BCUT2D eigenvalue weighted by Crippen LogP contribution is -2.39. The molecule has 4 nitrogen and oxygen atoms in total. The van der Waals surface area contributed by atoms with Crippen molar-refractivity contribution in [2.45, 2.75) is 33.2 Å². The van der Waals surface area contributed by atoms with Gasteiger partial charge in [0.05, 0.1) is 24.2 Å². The second-order valence-corrected chi connectivity index (χ2v) is 5.58. The second kappa shape index (κ2) is 7.24. The molecule has 1 aromatic carbocycles. The van der Waals surface area contributed by atoms with Crippen LogP contribution in [0.1, 0.15) is 36.5 Å². The van der Waals surface area contributed by atoms with Crippen LogP contribution in [0, 0.1) is 24.2 Å². The van der Waals surface area contributed by atoms with Gasteiger partial charge >= 0.3 is 5.97 Å². The van der Waals surface area contributed by atoms with Crippen molar-refractivity contribution in [3.8, 4) is 6.07 Å². The standard InChI is InChI=1S/C17H22N2O2/c1-3-21-17(20)16-5-4-8-19(12-16)11-15-7-6-14(10-18)9-13(15)2/h6-7,9,16H,3-5,8,11-12H2,1-2H3/t16-/m0/s1. The van der Waals surface area contributed by atoms with E-state index in [-0.39, 0.29) is 11.9 Å². The van der Waals surface area contributed by atoms with E-state index in [9.17, 15) is 4.79 Å². The molecule has 1 aliphatic rings. The SMILES string of the molecule is CCOC(=O)[C@H]1CCCN(Cc2ccc(C#N)cc2C)C1. The molecule has 1 aliphatic heterocycles. The molecule has 2 rings (SSSR count). The number of nitrogens with zero attached hydrogens (tertiary/aromatic N) is 2. The van der Waals surface area contributed by atoms with E-state index < -0.39 is 0 Å². The first-order chi connectivity index (χ1) is 10.1. The summed E-state index contributed by atoms with van der Waals surface area (Å²) < 4.78 is 5.13. The lowest BCUT2D eigenvalue weighted by atomic mass is 9.97. The molecular formula is C17H22N2O2. The lowest BCUT2D eigenvalue weighted by Gasteiger charge is -2.31. The third-order valence-corrected chi connectivity index (χ3v) is 3.99. The van der Waals surface area contributed by atoms with E-state index in [1.807, 2.05) is 32.0 Å². The average Bonchev–Trinajstić information content (AvgIpc) is 2.50. The molecule has 4 heteroatoms. The number of benzene rings is 1. The molecule has 1 saturated heterocycles. The van der Waals surface area contributed by atoms with Gasteiger partial charge in [-0.25, -0.2) is 0 Å². The van der Waals surface area contributed by atoms with E-state index in [0.717, 1.165) is 38.0 Å². The number of carbonyl (C=O) groups excluding carboxylic acids is 1. The zero-order valence-electron chi connectivity index (χ0n) is 12.8. The fourth-order valence-electron chi connectivity index (χ4n) is 2.84. The zero-order chi connectivity index (χ0) is 15.2. The van der Waals surface area contributed by atoms with Crippen molar-refractivity contribution >= 4 is 5.97 Å². The topological polar surface area (TPSA) is 53.3 Å². The Bertz CT molecular complexity index is 548. The highest BCUT2D eigenvalue weighted by Crippen LogP contribution is 2.21. The average molecular weight is 286 g/mol. The smallest absolute Gasteiger partial charge is 0.310 e. The van der Waals surface area contributed by atoms with Gasteiger partial charge in [0, 0.05) is 13.1 Å². The van der Waals surface area contributed by atoms with Crippen molar-refractivity contribution < 1.29 is 9.53 Å². The van der Waals surface area contributed by atoms with E-state index in [2.05, 4.69) is 11.0 Å². The third kappa shape index (κ3) is 4.05. The number of likely N-dealkylation sites (tertiary alicyclic amines) is 1. The molecule has 0 amide bonds. The minimum atomic E-state index is -0.0706. The first-order valence-electron chi connectivity index (χ1n) is 7.52. The van der Waals surface area contributed by atoms with Gasteiger partial charge < -0.3 is 4.74 Å². The van der Waals surface area contributed by atoms with Crippen LogP contribution in [0.15, 0.2) is 18.2 Å². The van der Waals surface area contributed by atoms with Gasteiger partial charge in [-0.2, -0.15) is 5.26 Å². The molecule has 0 aromatic heterocycles. The number of hydrogen-bond donors (Lipinski definition) is 0. The minimum absolute atomic E-state index is 0.00242. The van der Waals surface area contributed by atoms with Gasteiger partial charge in [0.1, 0.15) is 0 Å². The highest BCUT2D eigenvalue weighted by atomic mass is 16.5. The van der Waals surface area contributed by atoms with Gasteiger partial charge in [-0.15, -0.1) is 0 Å². The van der Waals surface area contributed by atoms with Crippen molar-refractivity contribution in [3.05, 3.63) is 34.9 Å². The number of carbonyl (C=O) groups is 1. The van der Waals surface area contributed by atoms with Gasteiger partial charge in [0.15, 0.2) is 0 Å². The van der Waals surface area contributed by atoms with E-state index in [4.69, 9.17) is 10.00 Å². The summed E-state index contributed by atoms with van der Waals surface area (Å²) in [5.74, 6) is -0.0730. The first-order valence-corrected chi connectivity index (χ1v) is 7.52. The highest BCUT2D eigenvalue weighted by Gasteiger charge is 2.26. The van der Waals surface area contributed by atoms with Crippen molar-refractivity contribution in [2.24, 2.45) is 5.92 Å². The van der Waals surface area contributed by atoms with Crippen molar-refractivity contribution in [1.82, 2.24) is 4.90 Å². The summed E-state index contributed by atoms with van der Waals surface area (Å²) in [7, 11) is 0. The summed E-state index contributed by atoms with van der Waals surface area (Å²) >= 11 is 0. The Hall–Kier alpha value is -1.86. The van der Waals surface area contributed by atoms with E-state index in [0.29, 0.717) is 12.2 Å². The van der Waals surface area contributed by atoms with Crippen LogP contribution in [-0.2, 0) is 16.1 Å². The Morgan fingerprint density at radius 3 is 3.00 bits per heavy atom. The number of aryl methyl sites for hydroxylation is 1. The second-order valence-electron chi connectivity index (χ2n) is 5.58. The molecule has 1 heterocycles. The molecule has 1 fully saturated rings. The number of rotatable bonds is 4. The number of nitriles is 1. The molecule has 1 aromatic rings. The molecular weight excluding hydrogens is 264 g/mol. The van der Waals surface area contributed by atoms with Gasteiger partial charge in [-0.3, -0.25) is 9.69 Å². The molecule has 0 aliphatic carbocycles. The van der Waals surface area contributed by atoms with Crippen molar-refractivity contribution in [2.75, 3.05) is 19.7 Å². The summed E-state index contributed by atoms with van der Waals surface area (Å²) in [4.78, 5) is 14.2. The molecule has 112 valence electrons. The number of hydrogen-bond acceptors (Lipinski definition) is 4. The van der Waals surface area contributed by atoms with Crippen LogP contribution in [0.25, 0.3) is 0 Å². The maximum Gasteiger partial charge on any atom is 0.310 e. The van der Waals surface area contributed by atoms with Gasteiger partial charge in [-0.05, 0) is 56.5 Å². The van der Waals surface area contributed by atoms with Crippen LogP contribution in [0.3, 0.4) is 0 Å². The normalized spacial score (nSPS) is 19.0. The number of esters is 1. The Morgan fingerprint density at radius 1 is 1.52 bits per heavy atom. The number of piperidine rings is 1. The van der Waals surface area contributed by atoms with Gasteiger partial charge in [0.25, 0.3) is 0 Å². The maximum absolute atomic E-state index is 11.9. The molecule has 1 atom stereocenters. The summed E-state index contributed by atoms with van der Waals surface area (Å²) in [6.45, 7) is 6.92. The first kappa shape index (κ1) is 15.5. The Morgan fingerprint density at radius 2 is 2.33 bits per heavy atom. The van der Waals surface area contributed by atoms with E-state index in [1.54, 1.807) is 0 Å². The Labute approximate surface area is 126 Å². The van der Waals surface area contributed by atoms with Crippen molar-refractivity contribution in [3.63, 3.8) is 0 Å². The molecule has 21 heavy (non-hydrogen) atoms. The Kier molecular flexibility index (Phi) is 5.35. The van der Waals surface area contributed by atoms with Crippen LogP contribution in [0.2, 0.25) is 0 Å². The quantitative estimate of drug-likeness (QED) is 0.798. The molecule has 0 N–H and O–H groups in total. The minimum Gasteiger partial charge on any atom is -0.466 e. The fraction of sp³-hybridized carbons (Fsp3) is 0.529.